The second-order valence-electron chi connectivity index (χ2n) is 4.03. The van der Waals surface area contributed by atoms with Gasteiger partial charge in [-0.1, -0.05) is 6.07 Å². The van der Waals surface area contributed by atoms with Gasteiger partial charge in [0.15, 0.2) is 11.5 Å². The zero-order chi connectivity index (χ0) is 15.2. The Kier molecular flexibility index (Phi) is 4.53. The van der Waals surface area contributed by atoms with Crippen LogP contribution in [0.2, 0.25) is 0 Å². The standard InChI is InChI=1S/C14H11N3O3S/c15-7-10(5-9-1-2-11(18)12(19)6-9)14(20)17-8-13-16-3-4-21-13/h1-6,18-19H,8H2,(H,17,20)/b10-5+. The van der Waals surface area contributed by atoms with Crippen LogP contribution in [0.25, 0.3) is 6.08 Å². The van der Waals surface area contributed by atoms with E-state index in [1.807, 2.05) is 0 Å². The molecule has 1 heterocycles. The summed E-state index contributed by atoms with van der Waals surface area (Å²) >= 11 is 1.40. The Hall–Kier alpha value is -2.85. The Morgan fingerprint density at radius 3 is 2.86 bits per heavy atom. The summed E-state index contributed by atoms with van der Waals surface area (Å²) < 4.78 is 0. The number of aromatic nitrogens is 1. The van der Waals surface area contributed by atoms with Gasteiger partial charge in [-0.2, -0.15) is 5.26 Å². The third-order valence-corrected chi connectivity index (χ3v) is 3.34. The van der Waals surface area contributed by atoms with Crippen LogP contribution in [0, 0.1) is 11.3 Å². The van der Waals surface area contributed by atoms with Crippen LogP contribution in [0.15, 0.2) is 35.3 Å². The molecule has 0 unspecified atom stereocenters. The minimum atomic E-state index is -0.528. The van der Waals surface area contributed by atoms with E-state index < -0.39 is 5.91 Å². The lowest BCUT2D eigenvalue weighted by atomic mass is 10.1. The van der Waals surface area contributed by atoms with Gasteiger partial charge in [0, 0.05) is 11.6 Å². The van der Waals surface area contributed by atoms with Gasteiger partial charge in [0.2, 0.25) is 0 Å². The molecule has 0 spiro atoms. The van der Waals surface area contributed by atoms with Crippen LogP contribution in [-0.2, 0) is 11.3 Å². The van der Waals surface area contributed by atoms with E-state index in [2.05, 4.69) is 10.3 Å². The van der Waals surface area contributed by atoms with Gasteiger partial charge in [0.25, 0.3) is 5.91 Å². The van der Waals surface area contributed by atoms with Gasteiger partial charge < -0.3 is 15.5 Å². The Bertz CT molecular complexity index is 718. The lowest BCUT2D eigenvalue weighted by molar-refractivity contribution is -0.117. The molecule has 0 bridgehead atoms. The Balaban J connectivity index is 2.10. The van der Waals surface area contributed by atoms with Crippen molar-refractivity contribution in [3.05, 3.63) is 45.9 Å². The van der Waals surface area contributed by atoms with Crippen LogP contribution >= 0.6 is 11.3 Å². The summed E-state index contributed by atoms with van der Waals surface area (Å²) in [6, 6.07) is 5.84. The Morgan fingerprint density at radius 2 is 2.24 bits per heavy atom. The van der Waals surface area contributed by atoms with Gasteiger partial charge in [-0.3, -0.25) is 4.79 Å². The largest absolute Gasteiger partial charge is 0.504 e. The van der Waals surface area contributed by atoms with Crippen molar-refractivity contribution in [3.8, 4) is 17.6 Å². The third kappa shape index (κ3) is 3.81. The van der Waals surface area contributed by atoms with E-state index in [0.29, 0.717) is 5.56 Å². The van der Waals surface area contributed by atoms with E-state index in [1.165, 1.54) is 35.6 Å². The molecule has 2 rings (SSSR count). The number of rotatable bonds is 4. The van der Waals surface area contributed by atoms with Crippen molar-refractivity contribution in [2.75, 3.05) is 0 Å². The molecule has 1 aromatic carbocycles. The molecule has 0 aliphatic carbocycles. The number of benzene rings is 1. The molecule has 0 fully saturated rings. The second-order valence-corrected chi connectivity index (χ2v) is 5.01. The van der Waals surface area contributed by atoms with Gasteiger partial charge >= 0.3 is 0 Å². The first-order chi connectivity index (χ1) is 10.1. The zero-order valence-corrected chi connectivity index (χ0v) is 11.6. The number of nitrogens with one attached hydrogen (secondary N) is 1. The highest BCUT2D eigenvalue weighted by molar-refractivity contribution is 7.09. The van der Waals surface area contributed by atoms with E-state index in [4.69, 9.17) is 5.26 Å². The minimum Gasteiger partial charge on any atom is -0.504 e. The predicted octanol–water partition coefficient (Wildman–Crippen LogP) is 1.78. The fourth-order valence-electron chi connectivity index (χ4n) is 1.54. The van der Waals surface area contributed by atoms with Crippen LogP contribution in [-0.4, -0.2) is 21.1 Å². The summed E-state index contributed by atoms with van der Waals surface area (Å²) in [6.07, 6.45) is 2.96. The van der Waals surface area contributed by atoms with Crippen molar-refractivity contribution < 1.29 is 15.0 Å². The molecular weight excluding hydrogens is 290 g/mol. The Labute approximate surface area is 124 Å². The number of nitrogens with zero attached hydrogens (tertiary/aromatic N) is 2. The lowest BCUT2D eigenvalue weighted by Crippen LogP contribution is -2.23. The molecule has 0 saturated heterocycles. The van der Waals surface area contributed by atoms with Crippen molar-refractivity contribution in [3.63, 3.8) is 0 Å². The number of carbonyl (C=O) groups excluding carboxylic acids is 1. The smallest absolute Gasteiger partial charge is 0.262 e. The highest BCUT2D eigenvalue weighted by Crippen LogP contribution is 2.25. The predicted molar refractivity (Wildman–Crippen MR) is 77.3 cm³/mol. The van der Waals surface area contributed by atoms with E-state index >= 15 is 0 Å². The van der Waals surface area contributed by atoms with Crippen LogP contribution in [0.1, 0.15) is 10.6 Å². The van der Waals surface area contributed by atoms with Crippen LogP contribution in [0.5, 0.6) is 11.5 Å². The topological polar surface area (TPSA) is 106 Å². The van der Waals surface area contributed by atoms with Crippen molar-refractivity contribution in [1.82, 2.24) is 10.3 Å². The molecule has 1 aromatic heterocycles. The third-order valence-electron chi connectivity index (χ3n) is 2.56. The molecule has 1 amide bonds. The number of hydrogen-bond donors (Lipinski definition) is 3. The number of phenolic OH excluding ortho intramolecular Hbond substituents is 2. The minimum absolute atomic E-state index is 0.100. The summed E-state index contributed by atoms with van der Waals surface area (Å²) in [5.41, 5.74) is 0.336. The van der Waals surface area contributed by atoms with Crippen LogP contribution in [0.4, 0.5) is 0 Å². The number of phenols is 2. The maximum absolute atomic E-state index is 11.9. The lowest BCUT2D eigenvalue weighted by Gasteiger charge is -2.03. The van der Waals surface area contributed by atoms with Crippen molar-refractivity contribution in [2.24, 2.45) is 0 Å². The average Bonchev–Trinajstić information content (AvgIpc) is 2.99. The molecule has 106 valence electrons. The van der Waals surface area contributed by atoms with Crippen molar-refractivity contribution in [1.29, 1.82) is 5.26 Å². The maximum Gasteiger partial charge on any atom is 0.262 e. The van der Waals surface area contributed by atoms with Gasteiger partial charge in [-0.05, 0) is 23.8 Å². The Morgan fingerprint density at radius 1 is 1.43 bits per heavy atom. The van der Waals surface area contributed by atoms with Gasteiger partial charge in [-0.15, -0.1) is 11.3 Å². The molecular formula is C14H11N3O3S. The van der Waals surface area contributed by atoms with E-state index in [9.17, 15) is 15.0 Å². The first-order valence-corrected chi connectivity index (χ1v) is 6.78. The fourth-order valence-corrected chi connectivity index (χ4v) is 2.09. The quantitative estimate of drug-likeness (QED) is 0.453. The number of carbonyl (C=O) groups is 1. The number of hydrogen-bond acceptors (Lipinski definition) is 6. The first-order valence-electron chi connectivity index (χ1n) is 5.90. The van der Waals surface area contributed by atoms with Crippen molar-refractivity contribution >= 4 is 23.3 Å². The highest BCUT2D eigenvalue weighted by atomic mass is 32.1. The van der Waals surface area contributed by atoms with Gasteiger partial charge in [0.1, 0.15) is 16.6 Å². The zero-order valence-electron chi connectivity index (χ0n) is 10.8. The first kappa shape index (κ1) is 14.6. The number of thiazole rings is 1. The summed E-state index contributed by atoms with van der Waals surface area (Å²) in [5.74, 6) is -1.11. The number of aromatic hydroxyl groups is 2. The molecule has 0 radical (unpaired) electrons. The molecule has 0 aliphatic rings. The highest BCUT2D eigenvalue weighted by Gasteiger charge is 2.10. The molecule has 2 aromatic rings. The number of amides is 1. The molecule has 6 nitrogen and oxygen atoms in total. The molecule has 7 heteroatoms. The molecule has 3 N–H and O–H groups in total. The van der Waals surface area contributed by atoms with E-state index in [1.54, 1.807) is 17.6 Å². The average molecular weight is 301 g/mol. The molecule has 21 heavy (non-hydrogen) atoms. The maximum atomic E-state index is 11.9. The summed E-state index contributed by atoms with van der Waals surface area (Å²) in [6.45, 7) is 0.246. The fraction of sp³-hybridized carbons (Fsp3) is 0.0714. The molecule has 0 saturated carbocycles. The molecule has 0 atom stereocenters. The summed E-state index contributed by atoms with van der Waals surface area (Å²) in [7, 11) is 0. The van der Waals surface area contributed by atoms with Crippen molar-refractivity contribution in [2.45, 2.75) is 6.54 Å². The van der Waals surface area contributed by atoms with E-state index in [-0.39, 0.29) is 23.6 Å². The van der Waals surface area contributed by atoms with Gasteiger partial charge in [-0.25, -0.2) is 4.98 Å². The SMILES string of the molecule is N#C/C(=C\c1ccc(O)c(O)c1)C(=O)NCc1nccs1. The van der Waals surface area contributed by atoms with Crippen LogP contribution in [0.3, 0.4) is 0 Å². The normalized spacial score (nSPS) is 10.9. The van der Waals surface area contributed by atoms with E-state index in [0.717, 1.165) is 5.01 Å². The molecule has 0 aliphatic heterocycles. The van der Waals surface area contributed by atoms with Crippen LogP contribution < -0.4 is 5.32 Å². The second kappa shape index (κ2) is 6.54. The van der Waals surface area contributed by atoms with Gasteiger partial charge in [0.05, 0.1) is 6.54 Å². The summed E-state index contributed by atoms with van der Waals surface area (Å²) in [4.78, 5) is 15.9. The monoisotopic (exact) mass is 301 g/mol. The number of nitriles is 1. The summed E-state index contributed by atoms with van der Waals surface area (Å²) in [5, 5.41) is 32.8.